The Morgan fingerprint density at radius 1 is 1.11 bits per heavy atom. The SMILES string of the molecule is O=C(CCSc1ccccc1)N(CCO)CCO. The number of benzene rings is 1. The van der Waals surface area contributed by atoms with Gasteiger partial charge in [-0.25, -0.2) is 0 Å². The fourth-order valence-corrected chi connectivity index (χ4v) is 2.40. The molecule has 0 aromatic heterocycles. The minimum absolute atomic E-state index is 0.0264. The van der Waals surface area contributed by atoms with Crippen molar-refractivity contribution < 1.29 is 15.0 Å². The van der Waals surface area contributed by atoms with E-state index in [0.717, 1.165) is 4.90 Å². The normalized spacial score (nSPS) is 10.3. The van der Waals surface area contributed by atoms with Crippen LogP contribution < -0.4 is 0 Å². The van der Waals surface area contributed by atoms with Crippen LogP contribution in [0.15, 0.2) is 35.2 Å². The largest absolute Gasteiger partial charge is 0.395 e. The van der Waals surface area contributed by atoms with Crippen LogP contribution in [0.1, 0.15) is 6.42 Å². The zero-order valence-electron chi connectivity index (χ0n) is 10.3. The molecule has 0 fully saturated rings. The Kier molecular flexibility index (Phi) is 7.48. The highest BCUT2D eigenvalue weighted by atomic mass is 32.2. The number of aliphatic hydroxyl groups is 2. The molecular formula is C13H19NO3S. The number of hydrogen-bond donors (Lipinski definition) is 2. The third-order valence-electron chi connectivity index (χ3n) is 2.42. The summed E-state index contributed by atoms with van der Waals surface area (Å²) < 4.78 is 0. The number of hydrogen-bond acceptors (Lipinski definition) is 4. The Labute approximate surface area is 112 Å². The molecule has 1 aromatic rings. The second-order valence-electron chi connectivity index (χ2n) is 3.74. The van der Waals surface area contributed by atoms with Crippen molar-refractivity contribution in [3.8, 4) is 0 Å². The van der Waals surface area contributed by atoms with Crippen LogP contribution in [0.25, 0.3) is 0 Å². The van der Waals surface area contributed by atoms with Gasteiger partial charge in [-0.1, -0.05) is 18.2 Å². The molecule has 0 aliphatic heterocycles. The molecule has 1 aromatic carbocycles. The van der Waals surface area contributed by atoms with Crippen LogP contribution in [0.4, 0.5) is 0 Å². The fraction of sp³-hybridized carbons (Fsp3) is 0.462. The number of nitrogens with zero attached hydrogens (tertiary/aromatic N) is 1. The molecular weight excluding hydrogens is 250 g/mol. The number of carbonyl (C=O) groups excluding carboxylic acids is 1. The fourth-order valence-electron chi connectivity index (χ4n) is 1.53. The number of amides is 1. The first-order chi connectivity index (χ1) is 8.77. The van der Waals surface area contributed by atoms with E-state index < -0.39 is 0 Å². The van der Waals surface area contributed by atoms with Gasteiger partial charge in [-0.05, 0) is 12.1 Å². The Morgan fingerprint density at radius 3 is 2.28 bits per heavy atom. The van der Waals surface area contributed by atoms with Crippen LogP contribution in [0.2, 0.25) is 0 Å². The first-order valence-corrected chi connectivity index (χ1v) is 6.94. The molecule has 0 unspecified atom stereocenters. The average molecular weight is 269 g/mol. The molecule has 100 valence electrons. The zero-order chi connectivity index (χ0) is 13.2. The van der Waals surface area contributed by atoms with Gasteiger partial charge in [0.05, 0.1) is 13.2 Å². The lowest BCUT2D eigenvalue weighted by molar-refractivity contribution is -0.131. The van der Waals surface area contributed by atoms with Crippen molar-refractivity contribution >= 4 is 17.7 Å². The van der Waals surface area contributed by atoms with Crippen LogP contribution in [0.5, 0.6) is 0 Å². The predicted molar refractivity (Wildman–Crippen MR) is 72.5 cm³/mol. The lowest BCUT2D eigenvalue weighted by Crippen LogP contribution is -2.36. The number of thioether (sulfide) groups is 1. The maximum absolute atomic E-state index is 11.8. The topological polar surface area (TPSA) is 60.8 Å². The summed E-state index contributed by atoms with van der Waals surface area (Å²) in [5, 5.41) is 17.7. The first kappa shape index (κ1) is 15.0. The van der Waals surface area contributed by atoms with Crippen molar-refractivity contribution in [1.82, 2.24) is 4.90 Å². The maximum atomic E-state index is 11.8. The van der Waals surface area contributed by atoms with Gasteiger partial charge < -0.3 is 15.1 Å². The van der Waals surface area contributed by atoms with Gasteiger partial charge in [-0.15, -0.1) is 11.8 Å². The Bertz CT molecular complexity index is 339. The van der Waals surface area contributed by atoms with Crippen LogP contribution in [0, 0.1) is 0 Å². The second-order valence-corrected chi connectivity index (χ2v) is 4.91. The summed E-state index contributed by atoms with van der Waals surface area (Å²) in [6, 6.07) is 9.91. The van der Waals surface area contributed by atoms with Gasteiger partial charge >= 0.3 is 0 Å². The highest BCUT2D eigenvalue weighted by molar-refractivity contribution is 7.99. The molecule has 0 aliphatic carbocycles. The van der Waals surface area contributed by atoms with Crippen molar-refractivity contribution in [2.45, 2.75) is 11.3 Å². The van der Waals surface area contributed by atoms with Crippen molar-refractivity contribution in [2.75, 3.05) is 32.1 Å². The van der Waals surface area contributed by atoms with Crippen LogP contribution in [0.3, 0.4) is 0 Å². The maximum Gasteiger partial charge on any atom is 0.223 e. The number of aliphatic hydroxyl groups excluding tert-OH is 2. The minimum Gasteiger partial charge on any atom is -0.395 e. The van der Waals surface area contributed by atoms with Crippen LogP contribution >= 0.6 is 11.8 Å². The molecule has 0 aliphatic rings. The minimum atomic E-state index is -0.0719. The molecule has 18 heavy (non-hydrogen) atoms. The van der Waals surface area contributed by atoms with Gasteiger partial charge in [0.1, 0.15) is 0 Å². The Morgan fingerprint density at radius 2 is 1.72 bits per heavy atom. The molecule has 4 nitrogen and oxygen atoms in total. The monoisotopic (exact) mass is 269 g/mol. The summed E-state index contributed by atoms with van der Waals surface area (Å²) in [6.07, 6.45) is 0.416. The summed E-state index contributed by atoms with van der Waals surface area (Å²) >= 11 is 1.63. The van der Waals surface area contributed by atoms with E-state index in [9.17, 15) is 4.79 Å². The molecule has 0 bridgehead atoms. The van der Waals surface area contributed by atoms with Crippen molar-refractivity contribution in [2.24, 2.45) is 0 Å². The van der Waals surface area contributed by atoms with Gasteiger partial charge in [0.2, 0.25) is 5.91 Å². The molecule has 0 saturated heterocycles. The Hall–Kier alpha value is -1.04. The van der Waals surface area contributed by atoms with Gasteiger partial charge in [-0.3, -0.25) is 4.79 Å². The van der Waals surface area contributed by atoms with E-state index in [4.69, 9.17) is 10.2 Å². The van der Waals surface area contributed by atoms with E-state index in [1.165, 1.54) is 4.90 Å². The first-order valence-electron chi connectivity index (χ1n) is 5.95. The lowest BCUT2D eigenvalue weighted by Gasteiger charge is -2.20. The number of rotatable bonds is 8. The summed E-state index contributed by atoms with van der Waals surface area (Å²) in [6.45, 7) is 0.430. The van der Waals surface area contributed by atoms with Crippen LogP contribution in [-0.4, -0.2) is 53.1 Å². The zero-order valence-corrected chi connectivity index (χ0v) is 11.1. The molecule has 1 amide bonds. The van der Waals surface area contributed by atoms with E-state index in [0.29, 0.717) is 12.2 Å². The molecule has 0 radical (unpaired) electrons. The quantitative estimate of drug-likeness (QED) is 0.691. The predicted octanol–water partition coefficient (Wildman–Crippen LogP) is 0.982. The van der Waals surface area contributed by atoms with Gasteiger partial charge in [0.15, 0.2) is 0 Å². The van der Waals surface area contributed by atoms with E-state index in [-0.39, 0.29) is 32.2 Å². The van der Waals surface area contributed by atoms with E-state index >= 15 is 0 Å². The van der Waals surface area contributed by atoms with Crippen LogP contribution in [-0.2, 0) is 4.79 Å². The summed E-state index contributed by atoms with van der Waals surface area (Å²) in [5.74, 6) is 0.678. The van der Waals surface area contributed by atoms with Gasteiger partial charge in [-0.2, -0.15) is 0 Å². The lowest BCUT2D eigenvalue weighted by atomic mass is 10.3. The smallest absolute Gasteiger partial charge is 0.223 e. The average Bonchev–Trinajstić information content (AvgIpc) is 2.39. The summed E-state index contributed by atoms with van der Waals surface area (Å²) in [5.41, 5.74) is 0. The van der Waals surface area contributed by atoms with Crippen molar-refractivity contribution in [3.63, 3.8) is 0 Å². The molecule has 0 saturated carbocycles. The highest BCUT2D eigenvalue weighted by Gasteiger charge is 2.11. The third-order valence-corrected chi connectivity index (χ3v) is 3.43. The number of carbonyl (C=O) groups is 1. The molecule has 1 rings (SSSR count). The van der Waals surface area contributed by atoms with Crippen molar-refractivity contribution in [1.29, 1.82) is 0 Å². The van der Waals surface area contributed by atoms with E-state index in [2.05, 4.69) is 0 Å². The van der Waals surface area contributed by atoms with Crippen molar-refractivity contribution in [3.05, 3.63) is 30.3 Å². The molecule has 5 heteroatoms. The highest BCUT2D eigenvalue weighted by Crippen LogP contribution is 2.18. The summed E-state index contributed by atoms with van der Waals surface area (Å²) in [7, 11) is 0. The molecule has 2 N–H and O–H groups in total. The molecule has 0 atom stereocenters. The van der Waals surface area contributed by atoms with E-state index in [1.807, 2.05) is 30.3 Å². The summed E-state index contributed by atoms with van der Waals surface area (Å²) in [4.78, 5) is 14.4. The van der Waals surface area contributed by atoms with E-state index in [1.54, 1.807) is 11.8 Å². The molecule has 0 heterocycles. The van der Waals surface area contributed by atoms with Gasteiger partial charge in [0.25, 0.3) is 0 Å². The molecule has 0 spiro atoms. The Balaban J connectivity index is 2.30. The third kappa shape index (κ3) is 5.53. The van der Waals surface area contributed by atoms with Gasteiger partial charge in [0, 0.05) is 30.2 Å². The standard InChI is InChI=1S/C13H19NO3S/c15-9-7-14(8-10-16)13(17)6-11-18-12-4-2-1-3-5-12/h1-5,15-16H,6-11H2. The second kappa shape index (κ2) is 8.97.